The highest BCUT2D eigenvalue weighted by Crippen LogP contribution is 2.18. The quantitative estimate of drug-likeness (QED) is 0.390. The number of carbonyl (C=O) groups excluding carboxylic acids is 3. The minimum Gasteiger partial charge on any atom is -0.434 e. The largest absolute Gasteiger partial charge is 0.513 e. The fourth-order valence-electron chi connectivity index (χ4n) is 2.98. The number of anilines is 1. The second kappa shape index (κ2) is 11.4. The zero-order valence-electron chi connectivity index (χ0n) is 18.0. The van der Waals surface area contributed by atoms with E-state index in [-0.39, 0.29) is 37.1 Å². The van der Waals surface area contributed by atoms with Crippen LogP contribution in [0.15, 0.2) is 72.8 Å². The minimum absolute atomic E-state index is 0.0819. The topological polar surface area (TPSA) is 93.7 Å². The average molecular weight is 450 g/mol. The maximum atomic E-state index is 13.7. The van der Waals surface area contributed by atoms with Crippen molar-refractivity contribution in [2.24, 2.45) is 0 Å². The molecule has 0 unspecified atom stereocenters. The van der Waals surface area contributed by atoms with Crippen molar-refractivity contribution in [1.82, 2.24) is 5.32 Å². The van der Waals surface area contributed by atoms with Crippen LogP contribution in [0.3, 0.4) is 0 Å². The normalized spacial score (nSPS) is 10.2. The van der Waals surface area contributed by atoms with Crippen LogP contribution < -0.4 is 15.4 Å². The highest BCUT2D eigenvalue weighted by molar-refractivity contribution is 6.04. The molecule has 3 aromatic rings. The molecule has 0 heterocycles. The molecule has 8 heteroatoms. The lowest BCUT2D eigenvalue weighted by Crippen LogP contribution is -2.25. The third kappa shape index (κ3) is 6.90. The number of rotatable bonds is 8. The van der Waals surface area contributed by atoms with Gasteiger partial charge in [0.1, 0.15) is 11.6 Å². The Hall–Kier alpha value is -4.20. The molecule has 3 rings (SSSR count). The monoisotopic (exact) mass is 450 g/mol. The number of halogens is 1. The van der Waals surface area contributed by atoms with Gasteiger partial charge in [-0.2, -0.15) is 0 Å². The van der Waals surface area contributed by atoms with E-state index in [1.54, 1.807) is 49.4 Å². The van der Waals surface area contributed by atoms with Gasteiger partial charge < -0.3 is 20.1 Å². The van der Waals surface area contributed by atoms with Gasteiger partial charge in [-0.15, -0.1) is 0 Å². The van der Waals surface area contributed by atoms with Crippen LogP contribution in [0.25, 0.3) is 0 Å². The summed E-state index contributed by atoms with van der Waals surface area (Å²) in [7, 11) is 0. The first kappa shape index (κ1) is 23.5. The summed E-state index contributed by atoms with van der Waals surface area (Å²) in [6.45, 7) is 2.03. The first-order valence-electron chi connectivity index (χ1n) is 10.3. The van der Waals surface area contributed by atoms with Gasteiger partial charge in [-0.05, 0) is 54.4 Å². The molecule has 0 aliphatic rings. The van der Waals surface area contributed by atoms with E-state index in [1.165, 1.54) is 30.3 Å². The standard InChI is InChI=1S/C25H23FN2O5/c1-2-32-25(31)33-20-13-11-17(12-14-20)24(30)28-22-10-6-4-8-19(22)16-27-23(29)15-18-7-3-5-9-21(18)26/h3-14H,2,15-16H2,1H3,(H,27,29)(H,28,30). The lowest BCUT2D eigenvalue weighted by atomic mass is 10.1. The van der Waals surface area contributed by atoms with Crippen molar-refractivity contribution in [2.75, 3.05) is 11.9 Å². The molecule has 7 nitrogen and oxygen atoms in total. The van der Waals surface area contributed by atoms with Crippen molar-refractivity contribution in [1.29, 1.82) is 0 Å². The Labute approximate surface area is 190 Å². The molecule has 0 aliphatic heterocycles. The van der Waals surface area contributed by atoms with Crippen molar-refractivity contribution in [3.05, 3.63) is 95.3 Å². The Kier molecular flexibility index (Phi) is 8.13. The third-order valence-electron chi connectivity index (χ3n) is 4.63. The number of benzene rings is 3. The van der Waals surface area contributed by atoms with E-state index >= 15 is 0 Å². The number of carbonyl (C=O) groups is 3. The van der Waals surface area contributed by atoms with E-state index in [0.29, 0.717) is 22.4 Å². The Bertz CT molecular complexity index is 1130. The van der Waals surface area contributed by atoms with Crippen LogP contribution in [0.2, 0.25) is 0 Å². The van der Waals surface area contributed by atoms with Crippen LogP contribution in [0.4, 0.5) is 14.9 Å². The van der Waals surface area contributed by atoms with Crippen LogP contribution >= 0.6 is 0 Å². The molecule has 2 amide bonds. The van der Waals surface area contributed by atoms with Crippen molar-refractivity contribution >= 4 is 23.7 Å². The smallest absolute Gasteiger partial charge is 0.434 e. The van der Waals surface area contributed by atoms with Crippen molar-refractivity contribution < 1.29 is 28.2 Å². The molecule has 0 aliphatic carbocycles. The number of hydrogen-bond acceptors (Lipinski definition) is 5. The molecule has 170 valence electrons. The van der Waals surface area contributed by atoms with Crippen LogP contribution in [0.1, 0.15) is 28.4 Å². The van der Waals surface area contributed by atoms with E-state index in [1.807, 2.05) is 0 Å². The van der Waals surface area contributed by atoms with Crippen LogP contribution in [-0.4, -0.2) is 24.6 Å². The summed E-state index contributed by atoms with van der Waals surface area (Å²) in [6, 6.07) is 19.2. The van der Waals surface area contributed by atoms with Crippen LogP contribution in [0, 0.1) is 5.82 Å². The van der Waals surface area contributed by atoms with E-state index in [9.17, 15) is 18.8 Å². The summed E-state index contributed by atoms with van der Waals surface area (Å²) in [5.74, 6) is -0.886. The summed E-state index contributed by atoms with van der Waals surface area (Å²) in [5, 5.41) is 5.55. The van der Waals surface area contributed by atoms with E-state index in [4.69, 9.17) is 9.47 Å². The van der Waals surface area contributed by atoms with Crippen molar-refractivity contribution in [2.45, 2.75) is 19.9 Å². The van der Waals surface area contributed by atoms with Crippen molar-refractivity contribution in [3.8, 4) is 5.75 Å². The molecule has 0 radical (unpaired) electrons. The fourth-order valence-corrected chi connectivity index (χ4v) is 2.98. The maximum absolute atomic E-state index is 13.7. The van der Waals surface area contributed by atoms with Crippen LogP contribution in [0.5, 0.6) is 5.75 Å². The highest BCUT2D eigenvalue weighted by atomic mass is 19.1. The Morgan fingerprint density at radius 1 is 0.879 bits per heavy atom. The molecule has 0 saturated heterocycles. The molecule has 2 N–H and O–H groups in total. The summed E-state index contributed by atoms with van der Waals surface area (Å²) in [5.41, 5.74) is 1.88. The number of para-hydroxylation sites is 1. The Morgan fingerprint density at radius 3 is 2.24 bits per heavy atom. The van der Waals surface area contributed by atoms with E-state index < -0.39 is 12.0 Å². The third-order valence-corrected chi connectivity index (χ3v) is 4.63. The molecule has 0 spiro atoms. The van der Waals surface area contributed by atoms with Gasteiger partial charge in [0.15, 0.2) is 0 Å². The number of nitrogens with one attached hydrogen (secondary N) is 2. The number of amides is 2. The van der Waals surface area contributed by atoms with Gasteiger partial charge in [-0.25, -0.2) is 9.18 Å². The first-order valence-corrected chi connectivity index (χ1v) is 10.3. The molecular weight excluding hydrogens is 427 g/mol. The van der Waals surface area contributed by atoms with Gasteiger partial charge in [0.2, 0.25) is 5.91 Å². The zero-order valence-corrected chi connectivity index (χ0v) is 18.0. The molecule has 33 heavy (non-hydrogen) atoms. The second-order valence-corrected chi connectivity index (χ2v) is 6.97. The van der Waals surface area contributed by atoms with Gasteiger partial charge >= 0.3 is 6.16 Å². The van der Waals surface area contributed by atoms with Gasteiger partial charge in [0, 0.05) is 17.8 Å². The second-order valence-electron chi connectivity index (χ2n) is 6.97. The fraction of sp³-hybridized carbons (Fsp3) is 0.160. The summed E-state index contributed by atoms with van der Waals surface area (Å²) in [6.07, 6.45) is -0.901. The molecular formula is C25H23FN2O5. The number of hydrogen-bond donors (Lipinski definition) is 2. The molecule has 3 aromatic carbocycles. The average Bonchev–Trinajstić information content (AvgIpc) is 2.80. The predicted molar refractivity (Wildman–Crippen MR) is 120 cm³/mol. The summed E-state index contributed by atoms with van der Waals surface area (Å²) in [4.78, 5) is 36.2. The van der Waals surface area contributed by atoms with Crippen molar-refractivity contribution in [3.63, 3.8) is 0 Å². The maximum Gasteiger partial charge on any atom is 0.513 e. The molecule has 0 atom stereocenters. The lowest BCUT2D eigenvalue weighted by Gasteiger charge is -2.12. The molecule has 0 aromatic heterocycles. The van der Waals surface area contributed by atoms with E-state index in [2.05, 4.69) is 10.6 Å². The van der Waals surface area contributed by atoms with E-state index in [0.717, 1.165) is 0 Å². The minimum atomic E-state index is -0.819. The summed E-state index contributed by atoms with van der Waals surface area (Å²) >= 11 is 0. The highest BCUT2D eigenvalue weighted by Gasteiger charge is 2.12. The first-order chi connectivity index (χ1) is 16.0. The molecule has 0 fully saturated rings. The van der Waals surface area contributed by atoms with Gasteiger partial charge in [0.25, 0.3) is 5.91 Å². The van der Waals surface area contributed by atoms with Gasteiger partial charge in [-0.3, -0.25) is 9.59 Å². The molecule has 0 saturated carbocycles. The predicted octanol–water partition coefficient (Wildman–Crippen LogP) is 4.47. The number of ether oxygens (including phenoxy) is 2. The molecule has 0 bridgehead atoms. The Balaban J connectivity index is 1.59. The lowest BCUT2D eigenvalue weighted by molar-refractivity contribution is -0.120. The van der Waals surface area contributed by atoms with Crippen LogP contribution in [-0.2, 0) is 22.5 Å². The zero-order chi connectivity index (χ0) is 23.6. The van der Waals surface area contributed by atoms with Gasteiger partial charge in [0.05, 0.1) is 13.0 Å². The Morgan fingerprint density at radius 2 is 1.55 bits per heavy atom. The van der Waals surface area contributed by atoms with Gasteiger partial charge in [-0.1, -0.05) is 36.4 Å². The summed E-state index contributed by atoms with van der Waals surface area (Å²) < 4.78 is 23.4. The SMILES string of the molecule is CCOC(=O)Oc1ccc(C(=O)Nc2ccccc2CNC(=O)Cc2ccccc2F)cc1.